The Labute approximate surface area is 129 Å². The smallest absolute Gasteiger partial charge is 0.251 e. The second-order valence-corrected chi connectivity index (χ2v) is 5.15. The fourth-order valence-electron chi connectivity index (χ4n) is 2.13. The van der Waals surface area contributed by atoms with Gasteiger partial charge in [0.1, 0.15) is 5.76 Å². The first-order chi connectivity index (χ1) is 10.6. The van der Waals surface area contributed by atoms with Gasteiger partial charge in [0.05, 0.1) is 12.8 Å². The number of aryl methyl sites for hydroxylation is 1. The first-order valence-corrected chi connectivity index (χ1v) is 7.19. The number of hydrogen-bond donors (Lipinski definition) is 1. The van der Waals surface area contributed by atoms with Crippen molar-refractivity contribution in [2.24, 2.45) is 0 Å². The van der Waals surface area contributed by atoms with Crippen LogP contribution < -0.4 is 5.32 Å². The minimum Gasteiger partial charge on any atom is -0.467 e. The monoisotopic (exact) mass is 300 g/mol. The van der Waals surface area contributed by atoms with Gasteiger partial charge < -0.3 is 14.6 Å². The largest absolute Gasteiger partial charge is 0.467 e. The number of carbonyl (C=O) groups is 2. The van der Waals surface area contributed by atoms with Crippen LogP contribution in [0.5, 0.6) is 0 Å². The minimum atomic E-state index is -0.134. The maximum absolute atomic E-state index is 12.0. The Hall–Kier alpha value is -2.56. The quantitative estimate of drug-likeness (QED) is 0.891. The molecule has 1 aromatic heterocycles. The van der Waals surface area contributed by atoms with Crippen LogP contribution in [0.25, 0.3) is 0 Å². The summed E-state index contributed by atoms with van der Waals surface area (Å²) in [5.74, 6) is 0.534. The molecule has 0 saturated heterocycles. The molecule has 0 aliphatic rings. The molecule has 116 valence electrons. The van der Waals surface area contributed by atoms with Crippen LogP contribution in [0, 0.1) is 6.92 Å². The molecule has 22 heavy (non-hydrogen) atoms. The van der Waals surface area contributed by atoms with Gasteiger partial charge in [0.15, 0.2) is 0 Å². The van der Waals surface area contributed by atoms with Crippen molar-refractivity contribution >= 4 is 11.8 Å². The Morgan fingerprint density at radius 2 is 2.05 bits per heavy atom. The zero-order chi connectivity index (χ0) is 15.9. The second-order valence-electron chi connectivity index (χ2n) is 5.15. The summed E-state index contributed by atoms with van der Waals surface area (Å²) in [5, 5.41) is 2.83. The highest BCUT2D eigenvalue weighted by Crippen LogP contribution is 2.06. The molecule has 0 atom stereocenters. The summed E-state index contributed by atoms with van der Waals surface area (Å²) in [6, 6.07) is 11.0. The lowest BCUT2D eigenvalue weighted by Crippen LogP contribution is -2.37. The highest BCUT2D eigenvalue weighted by Gasteiger charge is 2.12. The number of benzene rings is 1. The third kappa shape index (κ3) is 4.48. The molecule has 0 spiro atoms. The molecule has 0 aliphatic heterocycles. The van der Waals surface area contributed by atoms with Crippen molar-refractivity contribution in [3.8, 4) is 0 Å². The molecule has 1 N–H and O–H groups in total. The first-order valence-electron chi connectivity index (χ1n) is 7.19. The van der Waals surface area contributed by atoms with E-state index in [2.05, 4.69) is 5.32 Å². The van der Waals surface area contributed by atoms with Crippen molar-refractivity contribution in [1.82, 2.24) is 10.2 Å². The van der Waals surface area contributed by atoms with Gasteiger partial charge in [-0.05, 0) is 31.2 Å². The van der Waals surface area contributed by atoms with Crippen LogP contribution >= 0.6 is 0 Å². The molecular formula is C17H20N2O3. The third-order valence-electron chi connectivity index (χ3n) is 3.32. The van der Waals surface area contributed by atoms with Crippen molar-refractivity contribution in [2.45, 2.75) is 20.4 Å². The topological polar surface area (TPSA) is 62.6 Å². The van der Waals surface area contributed by atoms with E-state index in [-0.39, 0.29) is 11.8 Å². The van der Waals surface area contributed by atoms with Gasteiger partial charge in [0.25, 0.3) is 5.91 Å². The van der Waals surface area contributed by atoms with Gasteiger partial charge in [0.2, 0.25) is 5.91 Å². The Bertz CT molecular complexity index is 635. The number of rotatable bonds is 6. The fourth-order valence-corrected chi connectivity index (χ4v) is 2.13. The van der Waals surface area contributed by atoms with Crippen LogP contribution in [0.2, 0.25) is 0 Å². The van der Waals surface area contributed by atoms with Crippen LogP contribution in [-0.4, -0.2) is 29.8 Å². The van der Waals surface area contributed by atoms with Crippen LogP contribution in [0.1, 0.15) is 28.6 Å². The zero-order valence-corrected chi connectivity index (χ0v) is 12.8. The summed E-state index contributed by atoms with van der Waals surface area (Å²) in [7, 11) is 0. The van der Waals surface area contributed by atoms with Gasteiger partial charge in [0, 0.05) is 25.6 Å². The van der Waals surface area contributed by atoms with Crippen LogP contribution in [0.15, 0.2) is 47.1 Å². The average Bonchev–Trinajstić information content (AvgIpc) is 2.99. The summed E-state index contributed by atoms with van der Waals surface area (Å²) >= 11 is 0. The molecule has 0 unspecified atom stereocenters. The molecule has 0 bridgehead atoms. The number of nitrogens with zero attached hydrogens (tertiary/aromatic N) is 1. The van der Waals surface area contributed by atoms with Gasteiger partial charge in [-0.25, -0.2) is 0 Å². The van der Waals surface area contributed by atoms with Gasteiger partial charge in [-0.3, -0.25) is 9.59 Å². The Kier molecular flexibility index (Phi) is 5.36. The van der Waals surface area contributed by atoms with E-state index in [0.29, 0.717) is 25.2 Å². The maximum Gasteiger partial charge on any atom is 0.251 e. The van der Waals surface area contributed by atoms with E-state index in [1.807, 2.05) is 31.2 Å². The van der Waals surface area contributed by atoms with Crippen molar-refractivity contribution < 1.29 is 14.0 Å². The van der Waals surface area contributed by atoms with E-state index >= 15 is 0 Å². The molecule has 0 radical (unpaired) electrons. The maximum atomic E-state index is 12.0. The van der Waals surface area contributed by atoms with Crippen LogP contribution in [0.4, 0.5) is 0 Å². The SMILES string of the molecule is CC(=O)N(CCNC(=O)c1cccc(C)c1)Cc1ccco1. The summed E-state index contributed by atoms with van der Waals surface area (Å²) < 4.78 is 5.24. The number of carbonyl (C=O) groups excluding carboxylic acids is 2. The molecule has 2 aromatic rings. The van der Waals surface area contributed by atoms with E-state index in [0.717, 1.165) is 11.3 Å². The van der Waals surface area contributed by atoms with Crippen molar-refractivity contribution in [3.63, 3.8) is 0 Å². The van der Waals surface area contributed by atoms with Gasteiger partial charge in [-0.15, -0.1) is 0 Å². The Morgan fingerprint density at radius 1 is 1.23 bits per heavy atom. The van der Waals surface area contributed by atoms with E-state index in [1.165, 1.54) is 6.92 Å². The molecular weight excluding hydrogens is 280 g/mol. The predicted octanol–water partition coefficient (Wildman–Crippen LogP) is 2.37. The van der Waals surface area contributed by atoms with Crippen molar-refractivity contribution in [1.29, 1.82) is 0 Å². The van der Waals surface area contributed by atoms with Crippen LogP contribution in [-0.2, 0) is 11.3 Å². The molecule has 5 nitrogen and oxygen atoms in total. The summed E-state index contributed by atoms with van der Waals surface area (Å²) in [5.41, 5.74) is 1.66. The molecule has 5 heteroatoms. The lowest BCUT2D eigenvalue weighted by Gasteiger charge is -2.20. The normalized spacial score (nSPS) is 10.3. The first kappa shape index (κ1) is 15.8. The fraction of sp³-hybridized carbons (Fsp3) is 0.294. The Morgan fingerprint density at radius 3 is 2.68 bits per heavy atom. The van der Waals surface area contributed by atoms with Crippen molar-refractivity contribution in [2.75, 3.05) is 13.1 Å². The highest BCUT2D eigenvalue weighted by molar-refractivity contribution is 5.94. The summed E-state index contributed by atoms with van der Waals surface area (Å²) in [4.78, 5) is 25.3. The number of nitrogens with one attached hydrogen (secondary N) is 1. The molecule has 0 saturated carbocycles. The summed E-state index contributed by atoms with van der Waals surface area (Å²) in [6.07, 6.45) is 1.58. The lowest BCUT2D eigenvalue weighted by molar-refractivity contribution is -0.129. The number of amides is 2. The lowest BCUT2D eigenvalue weighted by atomic mass is 10.1. The van der Waals surface area contributed by atoms with E-state index in [1.54, 1.807) is 23.3 Å². The number of hydrogen-bond acceptors (Lipinski definition) is 3. The van der Waals surface area contributed by atoms with E-state index < -0.39 is 0 Å². The average molecular weight is 300 g/mol. The molecule has 1 aromatic carbocycles. The van der Waals surface area contributed by atoms with Gasteiger partial charge in [-0.1, -0.05) is 17.7 Å². The second kappa shape index (κ2) is 7.45. The Balaban J connectivity index is 1.85. The summed E-state index contributed by atoms with van der Waals surface area (Å²) in [6.45, 7) is 4.69. The van der Waals surface area contributed by atoms with Crippen molar-refractivity contribution in [3.05, 3.63) is 59.5 Å². The van der Waals surface area contributed by atoms with Crippen LogP contribution in [0.3, 0.4) is 0 Å². The van der Waals surface area contributed by atoms with Gasteiger partial charge >= 0.3 is 0 Å². The van der Waals surface area contributed by atoms with E-state index in [4.69, 9.17) is 4.42 Å². The molecule has 2 rings (SSSR count). The minimum absolute atomic E-state index is 0.0544. The van der Waals surface area contributed by atoms with E-state index in [9.17, 15) is 9.59 Å². The zero-order valence-electron chi connectivity index (χ0n) is 12.8. The predicted molar refractivity (Wildman–Crippen MR) is 83.3 cm³/mol. The standard InChI is InChI=1S/C17H20N2O3/c1-13-5-3-6-15(11-13)17(21)18-8-9-19(14(2)20)12-16-7-4-10-22-16/h3-7,10-11H,8-9,12H2,1-2H3,(H,18,21). The highest BCUT2D eigenvalue weighted by atomic mass is 16.3. The number of furan rings is 1. The third-order valence-corrected chi connectivity index (χ3v) is 3.32. The molecule has 0 fully saturated rings. The molecule has 1 heterocycles. The van der Waals surface area contributed by atoms with Gasteiger partial charge in [-0.2, -0.15) is 0 Å². The molecule has 2 amide bonds. The molecule has 0 aliphatic carbocycles.